The van der Waals surface area contributed by atoms with Crippen molar-refractivity contribution in [1.29, 1.82) is 5.26 Å². The van der Waals surface area contributed by atoms with Gasteiger partial charge in [0.15, 0.2) is 17.5 Å². The van der Waals surface area contributed by atoms with E-state index >= 15 is 0 Å². The van der Waals surface area contributed by atoms with Gasteiger partial charge in [0.2, 0.25) is 0 Å². The lowest BCUT2D eigenvalue weighted by Gasteiger charge is -2.44. The Morgan fingerprint density at radius 3 is 1.30 bits per heavy atom. The summed E-state index contributed by atoms with van der Waals surface area (Å²) in [7, 11) is 0. The van der Waals surface area contributed by atoms with Crippen molar-refractivity contribution in [3.05, 3.63) is 367 Å². The highest BCUT2D eigenvalue weighted by Gasteiger charge is 2.45. The molecule has 0 aliphatic carbocycles. The van der Waals surface area contributed by atoms with Gasteiger partial charge in [-0.05, 0) is 169 Å². The standard InChI is InChI=1S/C96H68BN7O4/c1-96(2,3)75-42-47-78-79-53-71(41-51-83(79)104(85(78)58-75)84-50-34-64(59-98)52-80(84)93-100-91(69-30-18-8-19-31-69)99-92(101-93)70-32-20-9-21-33-70)74-56-88-90-89(57-74)103(77-45-37-68(38-46-77)66-28-16-7-17-29-66)87-55-73(95(106)108-61-63-24-12-5-13-25-63)40-49-82(87)97(90)81-48-39-72(94(105)107-60-62-22-10-4-11-23-62)54-86(81)102(88)76-43-35-67(36-44-76)65-26-14-6-15-27-65/h4-58H,60-61H2,1-3H3. The van der Waals surface area contributed by atoms with E-state index in [0.29, 0.717) is 39.7 Å². The van der Waals surface area contributed by atoms with Crippen molar-refractivity contribution >= 4 is 91.0 Å². The number of carbonyl (C=O) groups is 2. The number of aromatic nitrogens is 4. The Morgan fingerprint density at radius 2 is 0.824 bits per heavy atom. The van der Waals surface area contributed by atoms with Crippen LogP contribution in [0.1, 0.15) is 63.7 Å². The van der Waals surface area contributed by atoms with Crippen molar-refractivity contribution in [2.75, 3.05) is 9.80 Å². The van der Waals surface area contributed by atoms with Crippen LogP contribution in [0.25, 0.3) is 95.0 Å². The molecule has 0 saturated heterocycles. The first-order valence-electron chi connectivity index (χ1n) is 36.2. The number of hydrogen-bond acceptors (Lipinski definition) is 10. The summed E-state index contributed by atoms with van der Waals surface area (Å²) in [6, 6.07) is 116. The SMILES string of the molecule is CC(C)(C)c1ccc2c3cc(-c4cc5c6c(c4)N(c4ccc(-c7ccccc7)cc4)c4cc(C(=O)OCc7ccccc7)ccc4B6c4ccc(C(=O)OCc6ccccc6)cc4N5c4ccc(-c5ccccc5)cc4)ccc3n(-c3ccc(C#N)cc3-c3nc(-c4ccccc4)nc(-c4ccccc4)n3)c2c1. The Labute approximate surface area is 626 Å². The molecular formula is C96H68BN7O4. The van der Waals surface area contributed by atoms with Gasteiger partial charge >= 0.3 is 11.9 Å². The largest absolute Gasteiger partial charge is 0.457 e. The van der Waals surface area contributed by atoms with Gasteiger partial charge in [0.25, 0.3) is 6.71 Å². The minimum absolute atomic E-state index is 0.102. The lowest BCUT2D eigenvalue weighted by molar-refractivity contribution is 0.0464. The van der Waals surface area contributed by atoms with Crippen LogP contribution < -0.4 is 26.2 Å². The molecule has 0 bridgehead atoms. The second-order valence-electron chi connectivity index (χ2n) is 28.5. The van der Waals surface area contributed by atoms with Crippen LogP contribution in [0.15, 0.2) is 334 Å². The third kappa shape index (κ3) is 12.3. The molecule has 2 aromatic heterocycles. The summed E-state index contributed by atoms with van der Waals surface area (Å²) in [6.45, 7) is 6.48. The molecule has 14 aromatic carbocycles. The van der Waals surface area contributed by atoms with Crippen LogP contribution in [-0.4, -0.2) is 38.2 Å². The van der Waals surface area contributed by atoms with Crippen LogP contribution in [-0.2, 0) is 28.1 Å². The molecule has 514 valence electrons. The van der Waals surface area contributed by atoms with E-state index in [4.69, 9.17) is 24.4 Å². The summed E-state index contributed by atoms with van der Waals surface area (Å²) in [5.74, 6) is 0.527. The van der Waals surface area contributed by atoms with Crippen LogP contribution in [0.4, 0.5) is 34.1 Å². The molecule has 18 rings (SSSR count). The van der Waals surface area contributed by atoms with Gasteiger partial charge in [-0.2, -0.15) is 5.26 Å². The average molecular weight is 1390 g/mol. The van der Waals surface area contributed by atoms with Gasteiger partial charge in [0.1, 0.15) is 13.2 Å². The number of nitrogens with zero attached hydrogens (tertiary/aromatic N) is 7. The zero-order valence-electron chi connectivity index (χ0n) is 59.5. The number of nitriles is 1. The van der Waals surface area contributed by atoms with Gasteiger partial charge in [-0.1, -0.05) is 257 Å². The van der Waals surface area contributed by atoms with Crippen LogP contribution in [0.2, 0.25) is 0 Å². The van der Waals surface area contributed by atoms with E-state index in [1.807, 2.05) is 176 Å². The number of anilines is 6. The number of rotatable bonds is 15. The maximum absolute atomic E-state index is 14.7. The molecule has 12 heteroatoms. The highest BCUT2D eigenvalue weighted by molar-refractivity contribution is 7.00. The van der Waals surface area contributed by atoms with E-state index in [1.165, 1.54) is 0 Å². The van der Waals surface area contributed by atoms with Crippen LogP contribution in [0, 0.1) is 11.3 Å². The zero-order valence-corrected chi connectivity index (χ0v) is 59.5. The highest BCUT2D eigenvalue weighted by Crippen LogP contribution is 2.49. The second-order valence-corrected chi connectivity index (χ2v) is 28.5. The quantitative estimate of drug-likeness (QED) is 0.0723. The Kier molecular flexibility index (Phi) is 16.8. The number of hydrogen-bond donors (Lipinski definition) is 0. The fourth-order valence-electron chi connectivity index (χ4n) is 15.3. The summed E-state index contributed by atoms with van der Waals surface area (Å²) in [4.78, 5) is 49.6. The predicted octanol–water partition coefficient (Wildman–Crippen LogP) is 20.9. The molecule has 0 saturated carbocycles. The van der Waals surface area contributed by atoms with E-state index in [1.54, 1.807) is 0 Å². The number of benzene rings is 14. The molecule has 0 spiro atoms. The van der Waals surface area contributed by atoms with E-state index in [-0.39, 0.29) is 18.6 Å². The first kappa shape index (κ1) is 66.0. The van der Waals surface area contributed by atoms with Crippen molar-refractivity contribution in [3.63, 3.8) is 0 Å². The molecule has 4 heterocycles. The maximum atomic E-state index is 14.7. The molecule has 11 nitrogen and oxygen atoms in total. The molecule has 0 N–H and O–H groups in total. The fourth-order valence-corrected chi connectivity index (χ4v) is 15.3. The molecule has 0 fully saturated rings. The zero-order chi connectivity index (χ0) is 73.0. The second kappa shape index (κ2) is 27.6. The first-order chi connectivity index (χ1) is 52.9. The molecule has 16 aromatic rings. The molecule has 0 radical (unpaired) electrons. The van der Waals surface area contributed by atoms with Gasteiger partial charge in [-0.15, -0.1) is 0 Å². The van der Waals surface area contributed by atoms with Gasteiger partial charge in [-0.25, -0.2) is 24.5 Å². The predicted molar refractivity (Wildman–Crippen MR) is 435 cm³/mol. The molecule has 0 atom stereocenters. The molecule has 108 heavy (non-hydrogen) atoms. The summed E-state index contributed by atoms with van der Waals surface area (Å²) in [5, 5.41) is 12.7. The molecular weight excluding hydrogens is 1330 g/mol. The summed E-state index contributed by atoms with van der Waals surface area (Å²) in [5.41, 5.74) is 23.1. The summed E-state index contributed by atoms with van der Waals surface area (Å²) in [6.07, 6.45) is 0. The first-order valence-corrected chi connectivity index (χ1v) is 36.2. The molecule has 0 amide bonds. The number of esters is 2. The van der Waals surface area contributed by atoms with Gasteiger partial charge in [0, 0.05) is 61.6 Å². The van der Waals surface area contributed by atoms with Crippen molar-refractivity contribution in [1.82, 2.24) is 19.5 Å². The third-order valence-electron chi connectivity index (χ3n) is 20.7. The number of carbonyl (C=O) groups excluding carboxylic acids is 2. The van der Waals surface area contributed by atoms with Crippen LogP contribution in [0.3, 0.4) is 0 Å². The van der Waals surface area contributed by atoms with E-state index < -0.39 is 18.7 Å². The van der Waals surface area contributed by atoms with Gasteiger partial charge < -0.3 is 23.8 Å². The lowest BCUT2D eigenvalue weighted by Crippen LogP contribution is -2.61. The van der Waals surface area contributed by atoms with Gasteiger partial charge in [-0.3, -0.25) is 0 Å². The lowest BCUT2D eigenvalue weighted by atomic mass is 9.33. The van der Waals surface area contributed by atoms with Crippen molar-refractivity contribution in [2.24, 2.45) is 0 Å². The molecule has 2 aliphatic heterocycles. The van der Waals surface area contributed by atoms with Crippen LogP contribution >= 0.6 is 0 Å². The number of fused-ring (bicyclic) bond motifs is 7. The van der Waals surface area contributed by atoms with E-state index in [0.717, 1.165) is 139 Å². The topological polar surface area (TPSA) is 126 Å². The third-order valence-corrected chi connectivity index (χ3v) is 20.7. The summed E-state index contributed by atoms with van der Waals surface area (Å²) < 4.78 is 14.6. The Bertz CT molecular complexity index is 5930. The highest BCUT2D eigenvalue weighted by atomic mass is 16.5. The fraction of sp³-hybridized carbons (Fsp3) is 0.0625. The van der Waals surface area contributed by atoms with Crippen LogP contribution in [0.5, 0.6) is 0 Å². The summed E-state index contributed by atoms with van der Waals surface area (Å²) >= 11 is 0. The minimum atomic E-state index is -0.452. The van der Waals surface area contributed by atoms with E-state index in [2.05, 4.69) is 199 Å². The minimum Gasteiger partial charge on any atom is -0.457 e. The van der Waals surface area contributed by atoms with Crippen molar-refractivity contribution in [2.45, 2.75) is 39.4 Å². The monoisotopic (exact) mass is 1390 g/mol. The Morgan fingerprint density at radius 1 is 0.380 bits per heavy atom. The van der Waals surface area contributed by atoms with Gasteiger partial charge in [0.05, 0.1) is 39.5 Å². The molecule has 0 unspecified atom stereocenters. The number of ether oxygens (including phenoxy) is 2. The normalized spacial score (nSPS) is 12.1. The van der Waals surface area contributed by atoms with Crippen molar-refractivity contribution in [3.8, 4) is 79.3 Å². The molecule has 2 aliphatic rings. The smallest absolute Gasteiger partial charge is 0.338 e. The van der Waals surface area contributed by atoms with E-state index in [9.17, 15) is 14.9 Å². The van der Waals surface area contributed by atoms with Crippen molar-refractivity contribution < 1.29 is 19.1 Å². The average Bonchev–Trinajstić information content (AvgIpc) is 0.780. The maximum Gasteiger partial charge on any atom is 0.338 e. The Balaban J connectivity index is 0.882. The Hall–Kier alpha value is -14.0.